The van der Waals surface area contributed by atoms with Crippen LogP contribution in [0.4, 0.5) is 5.69 Å². The highest BCUT2D eigenvalue weighted by Gasteiger charge is 2.06. The fourth-order valence-electron chi connectivity index (χ4n) is 1.65. The lowest BCUT2D eigenvalue weighted by molar-refractivity contribution is -0.118. The summed E-state index contributed by atoms with van der Waals surface area (Å²) in [4.78, 5) is 15.7. The summed E-state index contributed by atoms with van der Waals surface area (Å²) in [5.41, 5.74) is 2.67. The number of hydrogen-bond acceptors (Lipinski definition) is 3. The van der Waals surface area contributed by atoms with Crippen LogP contribution in [0.1, 0.15) is 11.1 Å². The number of anilines is 1. The van der Waals surface area contributed by atoms with Crippen molar-refractivity contribution in [2.24, 2.45) is 0 Å². The van der Waals surface area contributed by atoms with Gasteiger partial charge in [-0.05, 0) is 43.2 Å². The minimum Gasteiger partial charge on any atom is -0.483 e. The smallest absolute Gasteiger partial charge is 0.262 e. The zero-order valence-electron chi connectivity index (χ0n) is 11.3. The minimum atomic E-state index is -0.241. The number of aryl methyl sites for hydroxylation is 2. The summed E-state index contributed by atoms with van der Waals surface area (Å²) in [6.45, 7) is 3.87. The van der Waals surface area contributed by atoms with E-state index in [9.17, 15) is 4.79 Å². The van der Waals surface area contributed by atoms with Gasteiger partial charge in [-0.3, -0.25) is 4.79 Å². The van der Waals surface area contributed by atoms with Gasteiger partial charge >= 0.3 is 0 Å². The van der Waals surface area contributed by atoms with E-state index in [1.165, 1.54) is 6.20 Å². The molecule has 0 fully saturated rings. The van der Waals surface area contributed by atoms with Gasteiger partial charge in [-0.2, -0.15) is 0 Å². The number of ether oxygens (including phenoxy) is 1. The van der Waals surface area contributed by atoms with Crippen LogP contribution in [-0.2, 0) is 4.79 Å². The van der Waals surface area contributed by atoms with E-state index in [0.717, 1.165) is 16.9 Å². The number of carbonyl (C=O) groups excluding carboxylic acids is 1. The highest BCUT2D eigenvalue weighted by Crippen LogP contribution is 2.19. The summed E-state index contributed by atoms with van der Waals surface area (Å²) in [6, 6.07) is 9.17. The number of halogens is 1. The molecule has 0 spiro atoms. The van der Waals surface area contributed by atoms with E-state index in [1.54, 1.807) is 12.1 Å². The van der Waals surface area contributed by atoms with Crippen molar-refractivity contribution in [3.63, 3.8) is 0 Å². The highest BCUT2D eigenvalue weighted by atomic mass is 35.5. The summed E-state index contributed by atoms with van der Waals surface area (Å²) in [5.74, 6) is 0.476. The average Bonchev–Trinajstić information content (AvgIpc) is 2.42. The topological polar surface area (TPSA) is 51.2 Å². The van der Waals surface area contributed by atoms with Crippen LogP contribution >= 0.6 is 11.6 Å². The van der Waals surface area contributed by atoms with Crippen molar-refractivity contribution < 1.29 is 9.53 Å². The van der Waals surface area contributed by atoms with Gasteiger partial charge in [-0.1, -0.05) is 23.7 Å². The maximum absolute atomic E-state index is 11.8. The van der Waals surface area contributed by atoms with Crippen LogP contribution in [0.2, 0.25) is 5.15 Å². The molecule has 20 heavy (non-hydrogen) atoms. The molecule has 2 aromatic rings. The Hall–Kier alpha value is -2.07. The molecule has 0 aliphatic carbocycles. The fraction of sp³-hybridized carbons (Fsp3) is 0.200. The quantitative estimate of drug-likeness (QED) is 0.878. The molecule has 4 nitrogen and oxygen atoms in total. The Kier molecular flexibility index (Phi) is 4.58. The number of benzene rings is 1. The normalized spacial score (nSPS) is 10.2. The van der Waals surface area contributed by atoms with Gasteiger partial charge in [0, 0.05) is 0 Å². The molecule has 1 aromatic carbocycles. The first-order valence-corrected chi connectivity index (χ1v) is 6.54. The van der Waals surface area contributed by atoms with Crippen molar-refractivity contribution in [1.82, 2.24) is 4.98 Å². The molecular formula is C15H15ClN2O2. The summed E-state index contributed by atoms with van der Waals surface area (Å²) < 4.78 is 5.52. The van der Waals surface area contributed by atoms with Gasteiger partial charge in [0.2, 0.25) is 0 Å². The monoisotopic (exact) mass is 290 g/mol. The van der Waals surface area contributed by atoms with Crippen molar-refractivity contribution >= 4 is 23.2 Å². The van der Waals surface area contributed by atoms with Crippen LogP contribution in [0.25, 0.3) is 0 Å². The molecule has 0 aliphatic rings. The number of pyridine rings is 1. The zero-order valence-corrected chi connectivity index (χ0v) is 12.1. The third kappa shape index (κ3) is 3.96. The van der Waals surface area contributed by atoms with E-state index in [1.807, 2.05) is 32.0 Å². The fourth-order valence-corrected chi connectivity index (χ4v) is 1.76. The number of aromatic nitrogens is 1. The zero-order chi connectivity index (χ0) is 14.5. The number of nitrogens with one attached hydrogen (secondary N) is 1. The van der Waals surface area contributed by atoms with Crippen molar-refractivity contribution in [1.29, 1.82) is 0 Å². The van der Waals surface area contributed by atoms with Gasteiger partial charge < -0.3 is 10.1 Å². The lowest BCUT2D eigenvalue weighted by Gasteiger charge is -2.10. The first-order valence-electron chi connectivity index (χ1n) is 6.16. The molecule has 0 atom stereocenters. The van der Waals surface area contributed by atoms with Gasteiger partial charge in [-0.15, -0.1) is 0 Å². The molecule has 2 rings (SSSR count). The van der Waals surface area contributed by atoms with Crippen LogP contribution in [0.5, 0.6) is 5.75 Å². The lowest BCUT2D eigenvalue weighted by atomic mass is 10.1. The number of rotatable bonds is 4. The second-order valence-corrected chi connectivity index (χ2v) is 4.86. The Labute approximate surface area is 122 Å². The third-order valence-corrected chi connectivity index (χ3v) is 2.94. The van der Waals surface area contributed by atoms with Gasteiger partial charge in [0.15, 0.2) is 6.61 Å². The Bertz CT molecular complexity index is 612. The predicted octanol–water partition coefficient (Wildman–Crippen LogP) is 3.37. The molecule has 0 saturated carbocycles. The summed E-state index contributed by atoms with van der Waals surface area (Å²) >= 11 is 5.67. The highest BCUT2D eigenvalue weighted by molar-refractivity contribution is 6.29. The second kappa shape index (κ2) is 6.39. The Morgan fingerprint density at radius 3 is 2.80 bits per heavy atom. The molecule has 104 valence electrons. The SMILES string of the molecule is Cc1ccc(C)c(OCC(=O)Nc2ccc(Cl)nc2)c1. The maximum atomic E-state index is 11.8. The molecule has 0 aliphatic heterocycles. The third-order valence-electron chi connectivity index (χ3n) is 2.71. The van der Waals surface area contributed by atoms with Gasteiger partial charge in [0.25, 0.3) is 5.91 Å². The van der Waals surface area contributed by atoms with Crippen molar-refractivity contribution in [3.8, 4) is 5.75 Å². The summed E-state index contributed by atoms with van der Waals surface area (Å²) in [5, 5.41) is 3.07. The second-order valence-electron chi connectivity index (χ2n) is 4.48. The van der Waals surface area contributed by atoms with Crippen LogP contribution in [0, 0.1) is 13.8 Å². The van der Waals surface area contributed by atoms with E-state index in [-0.39, 0.29) is 12.5 Å². The van der Waals surface area contributed by atoms with Crippen molar-refractivity contribution in [2.45, 2.75) is 13.8 Å². The van der Waals surface area contributed by atoms with Crippen LogP contribution in [0.3, 0.4) is 0 Å². The Morgan fingerprint density at radius 1 is 1.30 bits per heavy atom. The van der Waals surface area contributed by atoms with E-state index < -0.39 is 0 Å². The largest absolute Gasteiger partial charge is 0.483 e. The molecular weight excluding hydrogens is 276 g/mol. The first kappa shape index (κ1) is 14.3. The lowest BCUT2D eigenvalue weighted by Crippen LogP contribution is -2.20. The molecule has 1 N–H and O–H groups in total. The van der Waals surface area contributed by atoms with E-state index in [0.29, 0.717) is 10.8 Å². The van der Waals surface area contributed by atoms with E-state index >= 15 is 0 Å². The Morgan fingerprint density at radius 2 is 2.10 bits per heavy atom. The molecule has 0 radical (unpaired) electrons. The summed E-state index contributed by atoms with van der Waals surface area (Å²) in [6.07, 6.45) is 1.50. The van der Waals surface area contributed by atoms with Gasteiger partial charge in [-0.25, -0.2) is 4.98 Å². The van der Waals surface area contributed by atoms with Crippen molar-refractivity contribution in [3.05, 3.63) is 52.8 Å². The molecule has 1 aromatic heterocycles. The van der Waals surface area contributed by atoms with Gasteiger partial charge in [0.05, 0.1) is 11.9 Å². The Balaban J connectivity index is 1.92. The maximum Gasteiger partial charge on any atom is 0.262 e. The van der Waals surface area contributed by atoms with Crippen LogP contribution in [0.15, 0.2) is 36.5 Å². The summed E-state index contributed by atoms with van der Waals surface area (Å²) in [7, 11) is 0. The molecule has 1 amide bonds. The first-order chi connectivity index (χ1) is 9.54. The predicted molar refractivity (Wildman–Crippen MR) is 79.3 cm³/mol. The number of amides is 1. The molecule has 1 heterocycles. The average molecular weight is 291 g/mol. The molecule has 0 saturated heterocycles. The van der Waals surface area contributed by atoms with E-state index in [4.69, 9.17) is 16.3 Å². The van der Waals surface area contributed by atoms with Crippen LogP contribution < -0.4 is 10.1 Å². The number of hydrogen-bond donors (Lipinski definition) is 1. The molecule has 5 heteroatoms. The number of nitrogens with zero attached hydrogens (tertiary/aromatic N) is 1. The molecule has 0 unspecified atom stereocenters. The van der Waals surface area contributed by atoms with Gasteiger partial charge in [0.1, 0.15) is 10.9 Å². The standard InChI is InChI=1S/C15H15ClN2O2/c1-10-3-4-11(2)13(7-10)20-9-15(19)18-12-5-6-14(16)17-8-12/h3-8H,9H2,1-2H3,(H,18,19). The molecule has 0 bridgehead atoms. The number of carbonyl (C=O) groups is 1. The van der Waals surface area contributed by atoms with E-state index in [2.05, 4.69) is 10.3 Å². The minimum absolute atomic E-state index is 0.0487. The van der Waals surface area contributed by atoms with Crippen LogP contribution in [-0.4, -0.2) is 17.5 Å². The van der Waals surface area contributed by atoms with Crippen molar-refractivity contribution in [2.75, 3.05) is 11.9 Å².